The summed E-state index contributed by atoms with van der Waals surface area (Å²) in [5.74, 6) is -1.86. The molecule has 0 fully saturated rings. The van der Waals surface area contributed by atoms with Crippen LogP contribution in [0.3, 0.4) is 0 Å². The third-order valence-corrected chi connectivity index (χ3v) is 3.67. The Morgan fingerprint density at radius 1 is 0.682 bits per heavy atom. The van der Waals surface area contributed by atoms with Crippen LogP contribution in [-0.4, -0.2) is 23.6 Å². The van der Waals surface area contributed by atoms with Crippen LogP contribution in [-0.2, 0) is 19.2 Å². The van der Waals surface area contributed by atoms with E-state index in [1.165, 1.54) is 12.2 Å². The van der Waals surface area contributed by atoms with Gasteiger partial charge in [-0.05, 0) is 42.2 Å². The smallest absolute Gasteiger partial charge is 0.258 e. The molecule has 0 saturated carbocycles. The second-order valence-corrected chi connectivity index (χ2v) is 5.23. The van der Waals surface area contributed by atoms with Crippen LogP contribution in [0.15, 0.2) is 24.3 Å². The van der Waals surface area contributed by atoms with Crippen LogP contribution in [0.2, 0.25) is 0 Å². The first kappa shape index (κ1) is 13.9. The molecule has 0 atom stereocenters. The van der Waals surface area contributed by atoms with Crippen molar-refractivity contribution in [2.24, 2.45) is 0 Å². The number of amides is 4. The highest BCUT2D eigenvalue weighted by Gasteiger charge is 2.27. The van der Waals surface area contributed by atoms with Crippen molar-refractivity contribution in [3.63, 3.8) is 0 Å². The third-order valence-electron chi connectivity index (χ3n) is 3.67. The van der Waals surface area contributed by atoms with Gasteiger partial charge in [0.2, 0.25) is 0 Å². The van der Waals surface area contributed by atoms with Crippen molar-refractivity contribution in [2.45, 2.75) is 13.8 Å². The van der Waals surface area contributed by atoms with E-state index in [9.17, 15) is 19.2 Å². The van der Waals surface area contributed by atoms with Crippen LogP contribution in [0, 0.1) is 13.8 Å². The predicted octanol–water partition coefficient (Wildman–Crippen LogP) is 0.383. The van der Waals surface area contributed by atoms with E-state index in [4.69, 9.17) is 0 Å². The number of hydrogen-bond acceptors (Lipinski definition) is 4. The standard InChI is InChI=1S/C16H12N2O4/c1-7-3-8(2)10(12-6-14(20)18-16(12)22)4-9(7)11-5-13(19)17-15(11)21/h3-6H,1-2H3,(H,17,19,21)(H,18,20,22). The monoisotopic (exact) mass is 296 g/mol. The number of imide groups is 2. The summed E-state index contributed by atoms with van der Waals surface area (Å²) in [7, 11) is 0. The van der Waals surface area contributed by atoms with Gasteiger partial charge in [0, 0.05) is 12.2 Å². The molecule has 0 radical (unpaired) electrons. The highest BCUT2D eigenvalue weighted by molar-refractivity contribution is 6.35. The zero-order chi connectivity index (χ0) is 16.0. The van der Waals surface area contributed by atoms with Gasteiger partial charge in [-0.15, -0.1) is 0 Å². The van der Waals surface area contributed by atoms with Gasteiger partial charge in [0.25, 0.3) is 23.6 Å². The molecule has 1 aromatic rings. The molecule has 6 heteroatoms. The number of rotatable bonds is 2. The predicted molar refractivity (Wildman–Crippen MR) is 78.2 cm³/mol. The average molecular weight is 296 g/mol. The summed E-state index contributed by atoms with van der Waals surface area (Å²) in [6.07, 6.45) is 2.47. The largest absolute Gasteiger partial charge is 0.289 e. The number of carbonyl (C=O) groups is 4. The molecule has 0 unspecified atom stereocenters. The van der Waals surface area contributed by atoms with Gasteiger partial charge in [0.1, 0.15) is 0 Å². The molecule has 2 heterocycles. The first-order chi connectivity index (χ1) is 10.4. The van der Waals surface area contributed by atoms with E-state index in [1.54, 1.807) is 6.07 Å². The molecule has 3 rings (SSSR count). The molecule has 2 N–H and O–H groups in total. The Labute approximate surface area is 125 Å². The normalized spacial score (nSPS) is 17.4. The van der Waals surface area contributed by atoms with Gasteiger partial charge >= 0.3 is 0 Å². The van der Waals surface area contributed by atoms with Crippen molar-refractivity contribution >= 4 is 34.8 Å². The molecule has 2 aliphatic rings. The quantitative estimate of drug-likeness (QED) is 0.772. The summed E-state index contributed by atoms with van der Waals surface area (Å²) in [6.45, 7) is 3.63. The lowest BCUT2D eigenvalue weighted by Crippen LogP contribution is -2.22. The minimum atomic E-state index is -0.469. The van der Waals surface area contributed by atoms with Crippen LogP contribution in [0.1, 0.15) is 22.3 Å². The Balaban J connectivity index is 2.17. The molecule has 0 aliphatic carbocycles. The van der Waals surface area contributed by atoms with E-state index in [0.717, 1.165) is 11.1 Å². The lowest BCUT2D eigenvalue weighted by molar-refractivity contribution is -0.124. The maximum atomic E-state index is 11.8. The average Bonchev–Trinajstić information content (AvgIpc) is 2.92. The lowest BCUT2D eigenvalue weighted by atomic mass is 9.91. The molecular formula is C16H12N2O4. The van der Waals surface area contributed by atoms with E-state index in [-0.39, 0.29) is 11.1 Å². The fourth-order valence-corrected chi connectivity index (χ4v) is 2.66. The lowest BCUT2D eigenvalue weighted by Gasteiger charge is -2.12. The maximum absolute atomic E-state index is 11.8. The molecule has 2 aliphatic heterocycles. The number of nitrogens with one attached hydrogen (secondary N) is 2. The fraction of sp³-hybridized carbons (Fsp3) is 0.125. The molecule has 0 spiro atoms. The van der Waals surface area contributed by atoms with Gasteiger partial charge in [-0.2, -0.15) is 0 Å². The Bertz CT molecular complexity index is 766. The Morgan fingerprint density at radius 2 is 1.09 bits per heavy atom. The zero-order valence-corrected chi connectivity index (χ0v) is 11.9. The van der Waals surface area contributed by atoms with E-state index < -0.39 is 23.6 Å². The van der Waals surface area contributed by atoms with Crippen molar-refractivity contribution in [1.82, 2.24) is 10.6 Å². The minimum absolute atomic E-state index is 0.258. The highest BCUT2D eigenvalue weighted by atomic mass is 16.2. The van der Waals surface area contributed by atoms with Crippen LogP contribution in [0.25, 0.3) is 11.1 Å². The molecule has 0 saturated heterocycles. The molecule has 4 amide bonds. The number of benzene rings is 1. The van der Waals surface area contributed by atoms with Crippen LogP contribution >= 0.6 is 0 Å². The summed E-state index contributed by atoms with van der Waals surface area (Å²) in [5, 5.41) is 4.39. The summed E-state index contributed by atoms with van der Waals surface area (Å²) in [6, 6.07) is 3.48. The van der Waals surface area contributed by atoms with Crippen molar-refractivity contribution in [2.75, 3.05) is 0 Å². The molecule has 6 nitrogen and oxygen atoms in total. The summed E-state index contributed by atoms with van der Waals surface area (Å²) in [4.78, 5) is 46.3. The van der Waals surface area contributed by atoms with Crippen molar-refractivity contribution < 1.29 is 19.2 Å². The van der Waals surface area contributed by atoms with Gasteiger partial charge in [-0.25, -0.2) is 0 Å². The first-order valence-electron chi connectivity index (χ1n) is 6.63. The highest BCUT2D eigenvalue weighted by Crippen LogP contribution is 2.29. The van der Waals surface area contributed by atoms with Crippen LogP contribution in [0.4, 0.5) is 0 Å². The molecule has 110 valence electrons. The van der Waals surface area contributed by atoms with Gasteiger partial charge in [0.15, 0.2) is 0 Å². The third kappa shape index (κ3) is 2.14. The fourth-order valence-electron chi connectivity index (χ4n) is 2.66. The summed E-state index contributed by atoms with van der Waals surface area (Å²) in [5.41, 5.74) is 3.27. The molecule has 0 bridgehead atoms. The number of carbonyl (C=O) groups excluding carboxylic acids is 4. The second-order valence-electron chi connectivity index (χ2n) is 5.23. The maximum Gasteiger partial charge on any atom is 0.258 e. The molecule has 22 heavy (non-hydrogen) atoms. The van der Waals surface area contributed by atoms with Crippen molar-refractivity contribution in [3.05, 3.63) is 46.5 Å². The van der Waals surface area contributed by atoms with E-state index in [2.05, 4.69) is 10.6 Å². The van der Waals surface area contributed by atoms with Gasteiger partial charge in [0.05, 0.1) is 11.1 Å². The van der Waals surface area contributed by atoms with Gasteiger partial charge in [-0.3, -0.25) is 29.8 Å². The second kappa shape index (κ2) is 4.77. The Hall–Kier alpha value is -3.02. The van der Waals surface area contributed by atoms with Crippen LogP contribution in [0.5, 0.6) is 0 Å². The molecule has 0 aromatic heterocycles. The topological polar surface area (TPSA) is 92.3 Å². The van der Waals surface area contributed by atoms with E-state index in [1.807, 2.05) is 19.9 Å². The minimum Gasteiger partial charge on any atom is -0.289 e. The number of aryl methyl sites for hydroxylation is 2. The summed E-state index contributed by atoms with van der Waals surface area (Å²) >= 11 is 0. The molecular weight excluding hydrogens is 284 g/mol. The Morgan fingerprint density at radius 3 is 1.41 bits per heavy atom. The number of hydrogen-bond donors (Lipinski definition) is 2. The van der Waals surface area contributed by atoms with Gasteiger partial charge in [-0.1, -0.05) is 6.07 Å². The van der Waals surface area contributed by atoms with Crippen molar-refractivity contribution in [3.8, 4) is 0 Å². The Kier molecular flexibility index (Phi) is 3.02. The molecule has 1 aromatic carbocycles. The zero-order valence-electron chi connectivity index (χ0n) is 11.9. The first-order valence-corrected chi connectivity index (χ1v) is 6.63. The van der Waals surface area contributed by atoms with Crippen molar-refractivity contribution in [1.29, 1.82) is 0 Å². The summed E-state index contributed by atoms with van der Waals surface area (Å²) < 4.78 is 0. The van der Waals surface area contributed by atoms with E-state index >= 15 is 0 Å². The SMILES string of the molecule is Cc1cc(C)c(C2=CC(=O)NC2=O)cc1C1=CC(=O)NC1=O. The van der Waals surface area contributed by atoms with E-state index in [0.29, 0.717) is 11.1 Å². The van der Waals surface area contributed by atoms with Crippen LogP contribution < -0.4 is 10.6 Å². The van der Waals surface area contributed by atoms with Gasteiger partial charge < -0.3 is 0 Å².